The van der Waals surface area contributed by atoms with Crippen molar-refractivity contribution in [2.24, 2.45) is 0 Å². The summed E-state index contributed by atoms with van der Waals surface area (Å²) in [6.07, 6.45) is 0. The van der Waals surface area contributed by atoms with Crippen molar-refractivity contribution in [3.05, 3.63) is 59.7 Å². The van der Waals surface area contributed by atoms with Crippen LogP contribution in [0.1, 0.15) is 15.9 Å². The number of Topliss-reactive ketones (excluding diaryl/α,β-unsaturated/α-hetero) is 1. The summed E-state index contributed by atoms with van der Waals surface area (Å²) < 4.78 is 0. The van der Waals surface area contributed by atoms with Crippen molar-refractivity contribution in [3.63, 3.8) is 0 Å². The predicted molar refractivity (Wildman–Crippen MR) is 87.4 cm³/mol. The van der Waals surface area contributed by atoms with E-state index in [0.29, 0.717) is 6.54 Å². The summed E-state index contributed by atoms with van der Waals surface area (Å²) in [6.45, 7) is 4.25. The van der Waals surface area contributed by atoms with Gasteiger partial charge in [-0.15, -0.1) is 0 Å². The second-order valence-corrected chi connectivity index (χ2v) is 5.57. The highest BCUT2D eigenvalue weighted by Crippen LogP contribution is 2.31. The lowest BCUT2D eigenvalue weighted by molar-refractivity contribution is 0.0998. The molecule has 1 aliphatic heterocycles. The fourth-order valence-corrected chi connectivity index (χ4v) is 2.87. The molecular weight excluding hydrogens is 260 g/mol. The maximum Gasteiger partial charge on any atom is 0.182 e. The molecule has 3 heteroatoms. The molecule has 1 heterocycles. The third-order valence-electron chi connectivity index (χ3n) is 4.12. The predicted octanol–water partition coefficient (Wildman–Crippen LogP) is 3.13. The van der Waals surface area contributed by atoms with Crippen molar-refractivity contribution in [2.45, 2.75) is 6.92 Å². The van der Waals surface area contributed by atoms with Gasteiger partial charge < -0.3 is 9.80 Å². The van der Waals surface area contributed by atoms with Crippen molar-refractivity contribution >= 4 is 17.2 Å². The van der Waals surface area contributed by atoms with Gasteiger partial charge in [0.05, 0.1) is 17.9 Å². The summed E-state index contributed by atoms with van der Waals surface area (Å²) in [4.78, 5) is 17.0. The van der Waals surface area contributed by atoms with Gasteiger partial charge in [0, 0.05) is 25.7 Å². The van der Waals surface area contributed by atoms with Gasteiger partial charge in [-0.25, -0.2) is 0 Å². The maximum absolute atomic E-state index is 12.6. The summed E-state index contributed by atoms with van der Waals surface area (Å²) >= 11 is 0. The molecule has 3 nitrogen and oxygen atoms in total. The van der Waals surface area contributed by atoms with Crippen LogP contribution in [0.15, 0.2) is 48.5 Å². The van der Waals surface area contributed by atoms with E-state index in [0.717, 1.165) is 29.9 Å². The Bertz CT molecular complexity index is 666. The number of benzene rings is 2. The van der Waals surface area contributed by atoms with E-state index in [-0.39, 0.29) is 5.78 Å². The molecule has 0 unspecified atom stereocenters. The summed E-state index contributed by atoms with van der Waals surface area (Å²) in [6, 6.07) is 16.1. The highest BCUT2D eigenvalue weighted by Gasteiger charge is 2.22. The van der Waals surface area contributed by atoms with E-state index in [9.17, 15) is 4.79 Å². The van der Waals surface area contributed by atoms with Crippen molar-refractivity contribution in [1.82, 2.24) is 0 Å². The number of hydrogen-bond donors (Lipinski definition) is 0. The van der Waals surface area contributed by atoms with Crippen LogP contribution < -0.4 is 9.80 Å². The largest absolute Gasteiger partial charge is 0.371 e. The van der Waals surface area contributed by atoms with Crippen LogP contribution in [0.2, 0.25) is 0 Å². The van der Waals surface area contributed by atoms with Gasteiger partial charge in [0.2, 0.25) is 0 Å². The van der Waals surface area contributed by atoms with Gasteiger partial charge in [-0.05, 0) is 24.6 Å². The fourth-order valence-electron chi connectivity index (χ4n) is 2.87. The molecule has 0 atom stereocenters. The average molecular weight is 280 g/mol. The summed E-state index contributed by atoms with van der Waals surface area (Å²) in [5.41, 5.74) is 4.22. The van der Waals surface area contributed by atoms with Crippen LogP contribution in [0.25, 0.3) is 0 Å². The molecule has 0 spiro atoms. The lowest BCUT2D eigenvalue weighted by Gasteiger charge is -2.36. The first-order valence-electron chi connectivity index (χ1n) is 7.31. The molecule has 0 N–H and O–H groups in total. The van der Waals surface area contributed by atoms with Gasteiger partial charge in [0.25, 0.3) is 0 Å². The van der Waals surface area contributed by atoms with Crippen molar-refractivity contribution < 1.29 is 4.79 Å². The molecule has 0 aromatic heterocycles. The minimum absolute atomic E-state index is 0.187. The van der Waals surface area contributed by atoms with Gasteiger partial charge in [0.15, 0.2) is 5.78 Å². The minimum atomic E-state index is 0.187. The van der Waals surface area contributed by atoms with E-state index in [1.807, 2.05) is 43.3 Å². The second-order valence-electron chi connectivity index (χ2n) is 5.57. The normalized spacial score (nSPS) is 14.0. The molecular formula is C18H20N2O. The van der Waals surface area contributed by atoms with Crippen LogP contribution in [-0.2, 0) is 0 Å². The van der Waals surface area contributed by atoms with Gasteiger partial charge >= 0.3 is 0 Å². The topological polar surface area (TPSA) is 23.6 Å². The molecule has 1 aliphatic rings. The number of nitrogens with zero attached hydrogens (tertiary/aromatic N) is 2. The van der Waals surface area contributed by atoms with Gasteiger partial charge in [-0.3, -0.25) is 4.79 Å². The van der Waals surface area contributed by atoms with E-state index in [1.165, 1.54) is 5.69 Å². The third kappa shape index (κ3) is 2.64. The summed E-state index contributed by atoms with van der Waals surface area (Å²) in [5.74, 6) is 0.187. The number of fused-ring (bicyclic) bond motifs is 1. The highest BCUT2D eigenvalue weighted by atomic mass is 16.1. The molecule has 3 rings (SSSR count). The Kier molecular flexibility index (Phi) is 3.65. The molecule has 0 fully saturated rings. The number of para-hydroxylation sites is 2. The van der Waals surface area contributed by atoms with Crippen molar-refractivity contribution in [2.75, 3.05) is 36.5 Å². The second kappa shape index (κ2) is 5.60. The zero-order valence-corrected chi connectivity index (χ0v) is 12.5. The number of ketones is 1. The third-order valence-corrected chi connectivity index (χ3v) is 4.12. The van der Waals surface area contributed by atoms with Crippen molar-refractivity contribution in [1.29, 1.82) is 0 Å². The molecule has 0 saturated carbocycles. The first-order chi connectivity index (χ1) is 10.2. The fraction of sp³-hybridized carbons (Fsp3) is 0.278. The standard InChI is InChI=1S/C18H20N2O/c1-14-7-3-4-8-15(14)18(21)13-20-12-11-19(2)16-9-5-6-10-17(16)20/h3-10H,11-13H2,1-2H3. The Hall–Kier alpha value is -2.29. The quantitative estimate of drug-likeness (QED) is 0.807. The molecule has 108 valence electrons. The van der Waals surface area contributed by atoms with Crippen LogP contribution in [0.4, 0.5) is 11.4 Å². The molecule has 0 saturated heterocycles. The number of anilines is 2. The lowest BCUT2D eigenvalue weighted by Crippen LogP contribution is -2.41. The van der Waals surface area contributed by atoms with E-state index >= 15 is 0 Å². The van der Waals surface area contributed by atoms with Crippen LogP contribution in [0, 0.1) is 6.92 Å². The molecule has 0 radical (unpaired) electrons. The SMILES string of the molecule is Cc1ccccc1C(=O)CN1CCN(C)c2ccccc21. The molecule has 0 aliphatic carbocycles. The van der Waals surface area contributed by atoms with Crippen molar-refractivity contribution in [3.8, 4) is 0 Å². The van der Waals surface area contributed by atoms with Crippen LogP contribution in [0.5, 0.6) is 0 Å². The first kappa shape index (κ1) is 13.7. The number of aryl methyl sites for hydroxylation is 1. The molecule has 2 aromatic rings. The van der Waals surface area contributed by atoms with E-state index < -0.39 is 0 Å². The van der Waals surface area contributed by atoms with Crippen LogP contribution in [-0.4, -0.2) is 32.5 Å². The molecule has 21 heavy (non-hydrogen) atoms. The Morgan fingerprint density at radius 2 is 1.67 bits per heavy atom. The van der Waals surface area contributed by atoms with Crippen LogP contribution in [0.3, 0.4) is 0 Å². The smallest absolute Gasteiger partial charge is 0.182 e. The van der Waals surface area contributed by atoms with Gasteiger partial charge in [-0.2, -0.15) is 0 Å². The Morgan fingerprint density at radius 3 is 2.43 bits per heavy atom. The van der Waals surface area contributed by atoms with Gasteiger partial charge in [-0.1, -0.05) is 36.4 Å². The number of rotatable bonds is 3. The van der Waals surface area contributed by atoms with Crippen LogP contribution >= 0.6 is 0 Å². The van der Waals surface area contributed by atoms with E-state index in [4.69, 9.17) is 0 Å². The average Bonchev–Trinajstić information content (AvgIpc) is 2.51. The Labute approximate surface area is 125 Å². The number of carbonyl (C=O) groups is 1. The maximum atomic E-state index is 12.6. The number of hydrogen-bond acceptors (Lipinski definition) is 3. The monoisotopic (exact) mass is 280 g/mol. The minimum Gasteiger partial charge on any atom is -0.371 e. The summed E-state index contributed by atoms with van der Waals surface area (Å²) in [7, 11) is 2.10. The zero-order chi connectivity index (χ0) is 14.8. The van der Waals surface area contributed by atoms with E-state index in [2.05, 4.69) is 29.0 Å². The molecule has 0 amide bonds. The number of carbonyl (C=O) groups excluding carboxylic acids is 1. The Morgan fingerprint density at radius 1 is 1.00 bits per heavy atom. The zero-order valence-electron chi connectivity index (χ0n) is 12.5. The number of likely N-dealkylation sites (N-methyl/N-ethyl adjacent to an activating group) is 1. The van der Waals surface area contributed by atoms with E-state index in [1.54, 1.807) is 0 Å². The molecule has 0 bridgehead atoms. The first-order valence-corrected chi connectivity index (χ1v) is 7.31. The Balaban J connectivity index is 1.85. The highest BCUT2D eigenvalue weighted by molar-refractivity contribution is 6.01. The molecule has 2 aromatic carbocycles. The van der Waals surface area contributed by atoms with Gasteiger partial charge in [0.1, 0.15) is 0 Å². The summed E-state index contributed by atoms with van der Waals surface area (Å²) in [5, 5.41) is 0. The lowest BCUT2D eigenvalue weighted by atomic mass is 10.0.